The number of hydrazine groups is 1. The molecule has 3 rings (SSSR count). The fraction of sp³-hybridized carbons (Fsp3) is 0.111. The van der Waals surface area contributed by atoms with Crippen molar-refractivity contribution in [2.75, 3.05) is 14.2 Å². The topological polar surface area (TPSA) is 92.4 Å². The molecule has 0 saturated heterocycles. The number of ether oxygens (including phenoxy) is 2. The second-order valence-electron chi connectivity index (χ2n) is 5.36. The zero-order valence-electron chi connectivity index (χ0n) is 14.1. The molecule has 0 unspecified atom stereocenters. The van der Waals surface area contributed by atoms with E-state index in [0.717, 1.165) is 5.39 Å². The van der Waals surface area contributed by atoms with Crippen LogP contribution in [0.3, 0.4) is 0 Å². The maximum Gasteiger partial charge on any atom is 0.286 e. The first-order chi connectivity index (χ1) is 12.5. The first-order valence-electron chi connectivity index (χ1n) is 7.63. The molecule has 3 N–H and O–H groups in total. The summed E-state index contributed by atoms with van der Waals surface area (Å²) in [7, 11) is 3.09. The van der Waals surface area contributed by atoms with E-state index in [4.69, 9.17) is 9.47 Å². The molecule has 2 amide bonds. The van der Waals surface area contributed by atoms with Crippen LogP contribution >= 0.6 is 15.9 Å². The molecule has 0 spiro atoms. The molecule has 1 aromatic heterocycles. The summed E-state index contributed by atoms with van der Waals surface area (Å²) < 4.78 is 11.2. The largest absolute Gasteiger partial charge is 0.497 e. The Balaban J connectivity index is 1.78. The number of fused-ring (bicyclic) bond motifs is 1. The number of hydrogen-bond acceptors (Lipinski definition) is 4. The van der Waals surface area contributed by atoms with Crippen molar-refractivity contribution in [3.63, 3.8) is 0 Å². The van der Waals surface area contributed by atoms with Gasteiger partial charge < -0.3 is 14.5 Å². The third-order valence-corrected chi connectivity index (χ3v) is 4.47. The van der Waals surface area contributed by atoms with E-state index in [9.17, 15) is 9.59 Å². The molecule has 1 heterocycles. The predicted molar refractivity (Wildman–Crippen MR) is 100 cm³/mol. The molecule has 0 aliphatic carbocycles. The molecule has 2 aromatic carbocycles. The number of nitrogens with one attached hydrogen (secondary N) is 3. The molecule has 0 radical (unpaired) electrons. The maximum atomic E-state index is 12.3. The Morgan fingerprint density at radius 1 is 1.00 bits per heavy atom. The van der Waals surface area contributed by atoms with Crippen LogP contribution in [-0.2, 0) is 0 Å². The smallest absolute Gasteiger partial charge is 0.286 e. The molecule has 26 heavy (non-hydrogen) atoms. The third-order valence-electron chi connectivity index (χ3n) is 3.77. The van der Waals surface area contributed by atoms with Gasteiger partial charge in [-0.15, -0.1) is 0 Å². The molecule has 0 bridgehead atoms. The number of rotatable bonds is 4. The highest BCUT2D eigenvalue weighted by molar-refractivity contribution is 9.10. The molecular formula is C18H16BrN3O4. The van der Waals surface area contributed by atoms with Crippen molar-refractivity contribution in [3.8, 4) is 11.5 Å². The molecule has 0 aliphatic rings. The monoisotopic (exact) mass is 417 g/mol. The van der Waals surface area contributed by atoms with Gasteiger partial charge in [0.15, 0.2) is 0 Å². The highest BCUT2D eigenvalue weighted by Crippen LogP contribution is 2.31. The minimum absolute atomic E-state index is 0.277. The molecule has 7 nitrogen and oxygen atoms in total. The van der Waals surface area contributed by atoms with E-state index >= 15 is 0 Å². The zero-order chi connectivity index (χ0) is 18.7. The number of aromatic nitrogens is 1. The van der Waals surface area contributed by atoms with Gasteiger partial charge in [0.1, 0.15) is 17.2 Å². The number of halogens is 1. The normalized spacial score (nSPS) is 10.4. The Hall–Kier alpha value is -3.00. The van der Waals surface area contributed by atoms with Crippen LogP contribution < -0.4 is 20.3 Å². The minimum atomic E-state index is -0.484. The van der Waals surface area contributed by atoms with Gasteiger partial charge in [0.2, 0.25) is 0 Å². The first-order valence-corrected chi connectivity index (χ1v) is 8.42. The van der Waals surface area contributed by atoms with E-state index in [1.165, 1.54) is 7.11 Å². The van der Waals surface area contributed by atoms with Gasteiger partial charge in [0, 0.05) is 15.9 Å². The Morgan fingerprint density at radius 2 is 1.73 bits per heavy atom. The summed E-state index contributed by atoms with van der Waals surface area (Å²) in [5, 5.41) is 0.753. The summed E-state index contributed by atoms with van der Waals surface area (Å²) in [6.45, 7) is 0. The van der Waals surface area contributed by atoms with Crippen LogP contribution in [0, 0.1) is 0 Å². The average Bonchev–Trinajstić information content (AvgIpc) is 3.09. The van der Waals surface area contributed by atoms with Crippen molar-refractivity contribution in [3.05, 3.63) is 58.2 Å². The van der Waals surface area contributed by atoms with E-state index < -0.39 is 11.8 Å². The predicted octanol–water partition coefficient (Wildman–Crippen LogP) is 3.02. The quantitative estimate of drug-likeness (QED) is 0.568. The van der Waals surface area contributed by atoms with Crippen molar-refractivity contribution >= 4 is 38.6 Å². The SMILES string of the molecule is COc1cc(OC)c2[nH]c(C(=O)NNC(=O)c3ccccc3Br)cc2c1. The zero-order valence-corrected chi connectivity index (χ0v) is 15.6. The summed E-state index contributed by atoms with van der Waals surface area (Å²) >= 11 is 3.30. The van der Waals surface area contributed by atoms with Gasteiger partial charge in [-0.1, -0.05) is 12.1 Å². The van der Waals surface area contributed by atoms with Gasteiger partial charge in [-0.2, -0.15) is 0 Å². The second kappa shape index (κ2) is 7.49. The summed E-state index contributed by atoms with van der Waals surface area (Å²) in [5.41, 5.74) is 6.13. The van der Waals surface area contributed by atoms with E-state index in [2.05, 4.69) is 31.8 Å². The maximum absolute atomic E-state index is 12.3. The first kappa shape index (κ1) is 17.8. The highest BCUT2D eigenvalue weighted by atomic mass is 79.9. The van der Waals surface area contributed by atoms with Crippen molar-refractivity contribution in [2.45, 2.75) is 0 Å². The van der Waals surface area contributed by atoms with Crippen molar-refractivity contribution in [1.82, 2.24) is 15.8 Å². The molecule has 0 atom stereocenters. The molecule has 0 aliphatic heterocycles. The fourth-order valence-corrected chi connectivity index (χ4v) is 2.94. The van der Waals surface area contributed by atoms with Crippen LogP contribution in [0.1, 0.15) is 20.8 Å². The summed E-state index contributed by atoms with van der Waals surface area (Å²) in [5.74, 6) is 0.252. The van der Waals surface area contributed by atoms with E-state index in [-0.39, 0.29) is 5.69 Å². The number of H-pyrrole nitrogens is 1. The van der Waals surface area contributed by atoms with E-state index in [0.29, 0.717) is 27.1 Å². The van der Waals surface area contributed by atoms with Gasteiger partial charge in [-0.25, -0.2) is 0 Å². The van der Waals surface area contributed by atoms with Crippen molar-refractivity contribution in [1.29, 1.82) is 0 Å². The molecule has 134 valence electrons. The van der Waals surface area contributed by atoms with E-state index in [1.807, 2.05) is 0 Å². The summed E-state index contributed by atoms with van der Waals surface area (Å²) in [6.07, 6.45) is 0. The lowest BCUT2D eigenvalue weighted by Crippen LogP contribution is -2.41. The molecule has 3 aromatic rings. The number of carbonyl (C=O) groups excluding carboxylic acids is 2. The van der Waals surface area contributed by atoms with Crippen molar-refractivity contribution < 1.29 is 19.1 Å². The van der Waals surface area contributed by atoms with Gasteiger partial charge in [-0.05, 0) is 40.2 Å². The number of carbonyl (C=O) groups is 2. The van der Waals surface area contributed by atoms with Crippen LogP contribution in [0.5, 0.6) is 11.5 Å². The number of aromatic amines is 1. The van der Waals surface area contributed by atoms with Crippen molar-refractivity contribution in [2.24, 2.45) is 0 Å². The van der Waals surface area contributed by atoms with Crippen LogP contribution in [0.25, 0.3) is 10.9 Å². The van der Waals surface area contributed by atoms with Gasteiger partial charge in [0.05, 0.1) is 25.3 Å². The Labute approximate surface area is 157 Å². The summed E-state index contributed by atoms with van der Waals surface area (Å²) in [4.78, 5) is 27.5. The molecular weight excluding hydrogens is 402 g/mol. The Bertz CT molecular complexity index is 984. The Morgan fingerprint density at radius 3 is 2.42 bits per heavy atom. The van der Waals surface area contributed by atoms with Crippen LogP contribution in [0.15, 0.2) is 46.9 Å². The lowest BCUT2D eigenvalue weighted by molar-refractivity contribution is 0.0844. The number of methoxy groups -OCH3 is 2. The van der Waals surface area contributed by atoms with Crippen LogP contribution in [-0.4, -0.2) is 31.0 Å². The molecule has 0 fully saturated rings. The number of benzene rings is 2. The van der Waals surface area contributed by atoms with E-state index in [1.54, 1.807) is 49.6 Å². The summed E-state index contributed by atoms with van der Waals surface area (Å²) in [6, 6.07) is 12.1. The minimum Gasteiger partial charge on any atom is -0.497 e. The molecule has 8 heteroatoms. The van der Waals surface area contributed by atoms with Crippen LogP contribution in [0.4, 0.5) is 0 Å². The molecule has 0 saturated carbocycles. The number of hydrogen-bond donors (Lipinski definition) is 3. The van der Waals surface area contributed by atoms with Gasteiger partial charge in [0.25, 0.3) is 11.8 Å². The third kappa shape index (κ3) is 3.50. The Kier molecular flexibility index (Phi) is 5.13. The average molecular weight is 418 g/mol. The fourth-order valence-electron chi connectivity index (χ4n) is 2.48. The highest BCUT2D eigenvalue weighted by Gasteiger charge is 2.15. The van der Waals surface area contributed by atoms with Gasteiger partial charge in [-0.3, -0.25) is 20.4 Å². The second-order valence-corrected chi connectivity index (χ2v) is 6.22. The van der Waals surface area contributed by atoms with Crippen LogP contribution in [0.2, 0.25) is 0 Å². The standard InChI is InChI=1S/C18H16BrN3O4/c1-25-11-7-10-8-14(20-16(10)15(9-11)26-2)18(24)22-21-17(23)12-5-3-4-6-13(12)19/h3-9,20H,1-2H3,(H,21,23)(H,22,24). The number of amides is 2. The van der Waals surface area contributed by atoms with Gasteiger partial charge >= 0.3 is 0 Å². The lowest BCUT2D eigenvalue weighted by atomic mass is 10.2. The lowest BCUT2D eigenvalue weighted by Gasteiger charge is -2.07.